The predicted molar refractivity (Wildman–Crippen MR) is 83.7 cm³/mol. The normalized spacial score (nSPS) is 10.2. The van der Waals surface area contributed by atoms with Crippen molar-refractivity contribution in [2.75, 3.05) is 11.9 Å². The second-order valence-corrected chi connectivity index (χ2v) is 5.26. The number of nitrogens with one attached hydrogen (secondary N) is 3. The quantitative estimate of drug-likeness (QED) is 0.748. The van der Waals surface area contributed by atoms with E-state index in [1.54, 1.807) is 12.1 Å². The molecular weight excluding hydrogens is 282 g/mol. The Balaban J connectivity index is 2.48. The van der Waals surface area contributed by atoms with Gasteiger partial charge in [-0.15, -0.1) is 0 Å². The minimum absolute atomic E-state index is 0.116. The molecule has 4 nitrogen and oxygen atoms in total. The Kier molecular flexibility index (Phi) is 6.05. The second kappa shape index (κ2) is 7.31. The van der Waals surface area contributed by atoms with Crippen LogP contribution < -0.4 is 16.0 Å². The summed E-state index contributed by atoms with van der Waals surface area (Å²) in [6.07, 6.45) is 0. The lowest BCUT2D eigenvalue weighted by molar-refractivity contribution is -0.115. The molecule has 0 radical (unpaired) electrons. The van der Waals surface area contributed by atoms with Gasteiger partial charge >= 0.3 is 0 Å². The third-order valence-electron chi connectivity index (χ3n) is 2.37. The van der Waals surface area contributed by atoms with Crippen molar-refractivity contribution in [3.63, 3.8) is 0 Å². The van der Waals surface area contributed by atoms with Crippen molar-refractivity contribution in [1.29, 1.82) is 0 Å². The summed E-state index contributed by atoms with van der Waals surface area (Å²) in [5.41, 5.74) is 1.56. The van der Waals surface area contributed by atoms with Gasteiger partial charge in [0.2, 0.25) is 5.91 Å². The number of anilines is 1. The molecule has 3 N–H and O–H groups in total. The number of benzene rings is 1. The van der Waals surface area contributed by atoms with Gasteiger partial charge in [-0.05, 0) is 50.7 Å². The van der Waals surface area contributed by atoms with Crippen molar-refractivity contribution in [2.24, 2.45) is 0 Å². The average molecular weight is 300 g/mol. The summed E-state index contributed by atoms with van der Waals surface area (Å²) in [6.45, 7) is 5.92. The molecular formula is C13H18ClN3OS. The van der Waals surface area contributed by atoms with Gasteiger partial charge in [-0.3, -0.25) is 4.79 Å². The topological polar surface area (TPSA) is 53.2 Å². The Morgan fingerprint density at radius 1 is 1.42 bits per heavy atom. The van der Waals surface area contributed by atoms with Gasteiger partial charge in [-0.25, -0.2) is 0 Å². The van der Waals surface area contributed by atoms with Crippen LogP contribution in [0.4, 0.5) is 5.69 Å². The Morgan fingerprint density at radius 2 is 2.11 bits per heavy atom. The lowest BCUT2D eigenvalue weighted by Crippen LogP contribution is -2.42. The maximum Gasteiger partial charge on any atom is 0.243 e. The maximum atomic E-state index is 11.8. The summed E-state index contributed by atoms with van der Waals surface area (Å²) in [6, 6.07) is 5.62. The molecule has 0 aromatic heterocycles. The minimum Gasteiger partial charge on any atom is -0.361 e. The van der Waals surface area contributed by atoms with Crippen molar-refractivity contribution >= 4 is 40.5 Å². The van der Waals surface area contributed by atoms with Gasteiger partial charge in [0, 0.05) is 16.8 Å². The first kappa shape index (κ1) is 15.7. The first-order valence-corrected chi connectivity index (χ1v) is 6.78. The molecule has 0 atom stereocenters. The van der Waals surface area contributed by atoms with E-state index in [0.29, 0.717) is 15.8 Å². The zero-order valence-corrected chi connectivity index (χ0v) is 12.8. The van der Waals surface area contributed by atoms with Gasteiger partial charge < -0.3 is 16.0 Å². The van der Waals surface area contributed by atoms with Crippen LogP contribution in [-0.2, 0) is 4.79 Å². The van der Waals surface area contributed by atoms with Crippen LogP contribution in [0.3, 0.4) is 0 Å². The van der Waals surface area contributed by atoms with Crippen LogP contribution in [0.2, 0.25) is 5.02 Å². The van der Waals surface area contributed by atoms with Gasteiger partial charge in [0.05, 0.1) is 6.54 Å². The summed E-state index contributed by atoms with van der Waals surface area (Å²) in [5, 5.41) is 9.72. The zero-order chi connectivity index (χ0) is 14.4. The molecule has 0 aliphatic carbocycles. The highest BCUT2D eigenvalue weighted by Crippen LogP contribution is 2.22. The molecule has 6 heteroatoms. The van der Waals surface area contributed by atoms with E-state index < -0.39 is 0 Å². The molecule has 1 rings (SSSR count). The number of amides is 1. The predicted octanol–water partition coefficient (Wildman–Crippen LogP) is 2.46. The third kappa shape index (κ3) is 5.44. The number of rotatable bonds is 4. The van der Waals surface area contributed by atoms with Crippen molar-refractivity contribution in [3.05, 3.63) is 28.8 Å². The summed E-state index contributed by atoms with van der Waals surface area (Å²) in [4.78, 5) is 11.8. The van der Waals surface area contributed by atoms with Crippen molar-refractivity contribution < 1.29 is 4.79 Å². The van der Waals surface area contributed by atoms with Crippen LogP contribution in [0.15, 0.2) is 18.2 Å². The number of thiocarbonyl (C=S) groups is 1. The lowest BCUT2D eigenvalue weighted by atomic mass is 10.2. The monoisotopic (exact) mass is 299 g/mol. The molecule has 0 aliphatic heterocycles. The Bertz CT molecular complexity index is 477. The molecule has 104 valence electrons. The van der Waals surface area contributed by atoms with Gasteiger partial charge in [-0.2, -0.15) is 0 Å². The van der Waals surface area contributed by atoms with E-state index in [4.69, 9.17) is 23.8 Å². The highest BCUT2D eigenvalue weighted by atomic mass is 35.5. The molecule has 1 aromatic rings. The minimum atomic E-state index is -0.168. The van der Waals surface area contributed by atoms with E-state index >= 15 is 0 Å². The van der Waals surface area contributed by atoms with Crippen LogP contribution in [0, 0.1) is 6.92 Å². The summed E-state index contributed by atoms with van der Waals surface area (Å²) in [5.74, 6) is -0.168. The van der Waals surface area contributed by atoms with E-state index in [0.717, 1.165) is 5.56 Å². The van der Waals surface area contributed by atoms with E-state index in [1.807, 2.05) is 26.8 Å². The molecule has 0 spiro atoms. The molecule has 0 saturated heterocycles. The molecule has 0 bridgehead atoms. The average Bonchev–Trinajstić information content (AvgIpc) is 2.32. The number of hydrogen-bond acceptors (Lipinski definition) is 2. The van der Waals surface area contributed by atoms with Crippen LogP contribution in [0.1, 0.15) is 19.4 Å². The second-order valence-electron chi connectivity index (χ2n) is 4.44. The fourth-order valence-corrected chi connectivity index (χ4v) is 1.89. The van der Waals surface area contributed by atoms with Crippen molar-refractivity contribution in [1.82, 2.24) is 10.6 Å². The number of halogens is 1. The molecule has 0 aliphatic rings. The Hall–Kier alpha value is -1.33. The van der Waals surface area contributed by atoms with Crippen LogP contribution >= 0.6 is 23.8 Å². The van der Waals surface area contributed by atoms with Gasteiger partial charge in [-0.1, -0.05) is 17.7 Å². The van der Waals surface area contributed by atoms with Crippen LogP contribution in [0.5, 0.6) is 0 Å². The van der Waals surface area contributed by atoms with Crippen LogP contribution in [-0.4, -0.2) is 23.6 Å². The summed E-state index contributed by atoms with van der Waals surface area (Å²) in [7, 11) is 0. The Labute approximate surface area is 123 Å². The molecule has 0 heterocycles. The largest absolute Gasteiger partial charge is 0.361 e. The van der Waals surface area contributed by atoms with Crippen LogP contribution in [0.25, 0.3) is 0 Å². The first-order valence-electron chi connectivity index (χ1n) is 5.99. The molecule has 0 unspecified atom stereocenters. The zero-order valence-electron chi connectivity index (χ0n) is 11.2. The maximum absolute atomic E-state index is 11.8. The first-order chi connectivity index (χ1) is 8.90. The molecule has 0 fully saturated rings. The molecule has 0 saturated carbocycles. The van der Waals surface area contributed by atoms with Gasteiger partial charge in [0.25, 0.3) is 0 Å². The smallest absolute Gasteiger partial charge is 0.243 e. The Morgan fingerprint density at radius 3 is 2.74 bits per heavy atom. The highest BCUT2D eigenvalue weighted by Gasteiger charge is 2.07. The van der Waals surface area contributed by atoms with E-state index in [-0.39, 0.29) is 18.5 Å². The third-order valence-corrected chi connectivity index (χ3v) is 3.04. The van der Waals surface area contributed by atoms with E-state index in [1.165, 1.54) is 0 Å². The molecule has 1 aromatic carbocycles. The summed E-state index contributed by atoms with van der Waals surface area (Å²) < 4.78 is 0. The molecule has 19 heavy (non-hydrogen) atoms. The van der Waals surface area contributed by atoms with E-state index in [9.17, 15) is 4.79 Å². The van der Waals surface area contributed by atoms with Crippen molar-refractivity contribution in [3.8, 4) is 0 Å². The highest BCUT2D eigenvalue weighted by molar-refractivity contribution is 7.80. The fourth-order valence-electron chi connectivity index (χ4n) is 1.41. The van der Waals surface area contributed by atoms with E-state index in [2.05, 4.69) is 16.0 Å². The number of carbonyl (C=O) groups excluding carboxylic acids is 1. The summed E-state index contributed by atoms with van der Waals surface area (Å²) >= 11 is 11.0. The SMILES string of the molecule is Cc1c(Cl)cccc1NC(=O)CNC(=S)NC(C)C. The standard InChI is InChI=1S/C13H18ClN3OS/c1-8(2)16-13(19)15-7-12(18)17-11-6-4-5-10(14)9(11)3/h4-6,8H,7H2,1-3H3,(H,17,18)(H2,15,16,19). The fraction of sp³-hybridized carbons (Fsp3) is 0.385. The van der Waals surface area contributed by atoms with Gasteiger partial charge in [0.15, 0.2) is 5.11 Å². The van der Waals surface area contributed by atoms with Crippen molar-refractivity contribution in [2.45, 2.75) is 26.8 Å². The number of hydrogen-bond donors (Lipinski definition) is 3. The number of carbonyl (C=O) groups is 1. The lowest BCUT2D eigenvalue weighted by Gasteiger charge is -2.13. The molecule has 1 amide bonds. The van der Waals surface area contributed by atoms with Gasteiger partial charge in [0.1, 0.15) is 0 Å².